The number of amides is 1. The number of anilines is 1. The Bertz CT molecular complexity index is 449. The van der Waals surface area contributed by atoms with Gasteiger partial charge in [-0.3, -0.25) is 4.79 Å². The van der Waals surface area contributed by atoms with E-state index < -0.39 is 17.6 Å². The number of rotatable bonds is 6. The predicted octanol–water partition coefficient (Wildman–Crippen LogP) is 2.94. The van der Waals surface area contributed by atoms with Gasteiger partial charge in [-0.15, -0.1) is 0 Å². The lowest BCUT2D eigenvalue weighted by atomic mass is 10.1. The highest BCUT2D eigenvalue weighted by Crippen LogP contribution is 2.34. The number of hydrogen-bond donors (Lipinski definition) is 1. The van der Waals surface area contributed by atoms with Crippen molar-refractivity contribution in [1.29, 1.82) is 0 Å². The molecule has 0 bridgehead atoms. The minimum Gasteiger partial charge on any atom is -0.325 e. The summed E-state index contributed by atoms with van der Waals surface area (Å²) >= 11 is 1.39. The number of carbonyl (C=O) groups excluding carboxylic acids is 1. The van der Waals surface area contributed by atoms with Crippen LogP contribution in [0.1, 0.15) is 5.56 Å². The summed E-state index contributed by atoms with van der Waals surface area (Å²) < 4.78 is 38.2. The second-order valence-corrected chi connectivity index (χ2v) is 5.55. The number of halogens is 3. The second-order valence-electron chi connectivity index (χ2n) is 4.45. The fourth-order valence-corrected chi connectivity index (χ4v) is 2.33. The molecule has 0 saturated heterocycles. The van der Waals surface area contributed by atoms with Gasteiger partial charge in [0.2, 0.25) is 5.91 Å². The predicted molar refractivity (Wildman–Crippen MR) is 76.0 cm³/mol. The quantitative estimate of drug-likeness (QED) is 0.820. The summed E-state index contributed by atoms with van der Waals surface area (Å²) in [5.41, 5.74) is -1.02. The molecular weight excluding hydrogens is 289 g/mol. The van der Waals surface area contributed by atoms with Gasteiger partial charge in [0.25, 0.3) is 0 Å². The molecule has 0 heterocycles. The number of carbonyl (C=O) groups is 1. The van der Waals surface area contributed by atoms with Crippen LogP contribution in [0.25, 0.3) is 0 Å². The molecule has 0 aliphatic heterocycles. The number of thioether (sulfide) groups is 1. The molecule has 0 aromatic heterocycles. The third-order valence-corrected chi connectivity index (χ3v) is 3.36. The van der Waals surface area contributed by atoms with Crippen LogP contribution in [0.5, 0.6) is 0 Å². The average Bonchev–Trinajstić information content (AvgIpc) is 2.34. The standard InChI is InChI=1S/C13H17F3N2OS/c1-18(2)7-8-20-9-12(19)17-11-6-4-3-5-10(11)13(14,15)16/h3-6H,7-9H2,1-2H3,(H,17,19). The first-order chi connectivity index (χ1) is 9.30. The molecule has 0 saturated carbocycles. The van der Waals surface area contributed by atoms with E-state index in [-0.39, 0.29) is 11.4 Å². The van der Waals surface area contributed by atoms with Crippen LogP contribution in [0.4, 0.5) is 18.9 Å². The molecule has 0 aliphatic rings. The van der Waals surface area contributed by atoms with Crippen LogP contribution in [-0.4, -0.2) is 43.0 Å². The number of para-hydroxylation sites is 1. The molecule has 0 fully saturated rings. The first-order valence-corrected chi connectivity index (χ1v) is 7.14. The van der Waals surface area contributed by atoms with Crippen molar-refractivity contribution in [3.05, 3.63) is 29.8 Å². The monoisotopic (exact) mass is 306 g/mol. The van der Waals surface area contributed by atoms with Crippen molar-refractivity contribution < 1.29 is 18.0 Å². The van der Waals surface area contributed by atoms with E-state index in [0.29, 0.717) is 0 Å². The van der Waals surface area contributed by atoms with Crippen LogP contribution in [0.2, 0.25) is 0 Å². The Hall–Kier alpha value is -1.21. The number of hydrogen-bond acceptors (Lipinski definition) is 3. The Morgan fingerprint density at radius 3 is 2.55 bits per heavy atom. The lowest BCUT2D eigenvalue weighted by Gasteiger charge is -2.13. The Labute approximate surface area is 120 Å². The maximum Gasteiger partial charge on any atom is 0.418 e. The van der Waals surface area contributed by atoms with Gasteiger partial charge in [-0.2, -0.15) is 24.9 Å². The highest BCUT2D eigenvalue weighted by molar-refractivity contribution is 7.99. The summed E-state index contributed by atoms with van der Waals surface area (Å²) in [4.78, 5) is 13.6. The topological polar surface area (TPSA) is 32.3 Å². The van der Waals surface area contributed by atoms with Crippen LogP contribution in [0.15, 0.2) is 24.3 Å². The van der Waals surface area contributed by atoms with Gasteiger partial charge in [-0.25, -0.2) is 0 Å². The van der Waals surface area contributed by atoms with Crippen molar-refractivity contribution in [3.8, 4) is 0 Å². The van der Waals surface area contributed by atoms with Gasteiger partial charge < -0.3 is 10.2 Å². The van der Waals surface area contributed by atoms with Crippen LogP contribution in [-0.2, 0) is 11.0 Å². The van der Waals surface area contributed by atoms with Gasteiger partial charge in [0.15, 0.2) is 0 Å². The summed E-state index contributed by atoms with van der Waals surface area (Å²) in [6, 6.07) is 4.97. The minimum atomic E-state index is -4.47. The van der Waals surface area contributed by atoms with Crippen molar-refractivity contribution in [1.82, 2.24) is 4.90 Å². The molecule has 20 heavy (non-hydrogen) atoms. The summed E-state index contributed by atoms with van der Waals surface area (Å²) in [6.07, 6.45) is -4.47. The highest BCUT2D eigenvalue weighted by atomic mass is 32.2. The van der Waals surface area contributed by atoms with E-state index >= 15 is 0 Å². The fraction of sp³-hybridized carbons (Fsp3) is 0.462. The average molecular weight is 306 g/mol. The summed E-state index contributed by atoms with van der Waals surface area (Å²) in [5.74, 6) is 0.465. The number of nitrogens with one attached hydrogen (secondary N) is 1. The second kappa shape index (κ2) is 7.54. The summed E-state index contributed by atoms with van der Waals surface area (Å²) in [6.45, 7) is 0.817. The molecule has 1 rings (SSSR count). The molecule has 112 valence electrons. The first-order valence-electron chi connectivity index (χ1n) is 5.99. The zero-order chi connectivity index (χ0) is 15.2. The van der Waals surface area contributed by atoms with Gasteiger partial charge in [-0.05, 0) is 26.2 Å². The molecule has 1 N–H and O–H groups in total. The largest absolute Gasteiger partial charge is 0.418 e. The molecule has 1 aromatic rings. The van der Waals surface area contributed by atoms with Gasteiger partial charge in [0.05, 0.1) is 17.0 Å². The maximum atomic E-state index is 12.7. The Morgan fingerprint density at radius 2 is 1.95 bits per heavy atom. The van der Waals surface area contributed by atoms with E-state index in [2.05, 4.69) is 5.32 Å². The lowest BCUT2D eigenvalue weighted by molar-refractivity contribution is -0.137. The molecule has 1 amide bonds. The first kappa shape index (κ1) is 16.8. The fourth-order valence-electron chi connectivity index (χ4n) is 1.44. The normalized spacial score (nSPS) is 11.7. The Morgan fingerprint density at radius 1 is 1.30 bits per heavy atom. The highest BCUT2D eigenvalue weighted by Gasteiger charge is 2.33. The summed E-state index contributed by atoms with van der Waals surface area (Å²) in [5, 5.41) is 2.31. The van der Waals surface area contributed by atoms with E-state index in [1.807, 2.05) is 19.0 Å². The molecule has 7 heteroatoms. The molecular formula is C13H17F3N2OS. The molecule has 0 radical (unpaired) electrons. The van der Waals surface area contributed by atoms with E-state index in [9.17, 15) is 18.0 Å². The van der Waals surface area contributed by atoms with E-state index in [0.717, 1.165) is 18.4 Å². The minimum absolute atomic E-state index is 0.139. The third kappa shape index (κ3) is 5.83. The number of benzene rings is 1. The Balaban J connectivity index is 2.54. The molecule has 0 aliphatic carbocycles. The molecule has 0 spiro atoms. The van der Waals surface area contributed by atoms with Gasteiger partial charge in [-0.1, -0.05) is 12.1 Å². The van der Waals surface area contributed by atoms with E-state index in [1.165, 1.54) is 30.0 Å². The number of alkyl halides is 3. The van der Waals surface area contributed by atoms with Gasteiger partial charge in [0.1, 0.15) is 0 Å². The molecule has 1 aromatic carbocycles. The van der Waals surface area contributed by atoms with Crippen LogP contribution >= 0.6 is 11.8 Å². The van der Waals surface area contributed by atoms with Crippen molar-refractivity contribution in [3.63, 3.8) is 0 Å². The SMILES string of the molecule is CN(C)CCSCC(=O)Nc1ccccc1C(F)(F)F. The number of nitrogens with zero attached hydrogens (tertiary/aromatic N) is 1. The Kier molecular flexibility index (Phi) is 6.35. The summed E-state index contributed by atoms with van der Waals surface area (Å²) in [7, 11) is 3.83. The molecule has 0 atom stereocenters. The lowest BCUT2D eigenvalue weighted by Crippen LogP contribution is -2.20. The molecule has 3 nitrogen and oxygen atoms in total. The smallest absolute Gasteiger partial charge is 0.325 e. The van der Waals surface area contributed by atoms with Crippen molar-refractivity contribution in [2.45, 2.75) is 6.18 Å². The zero-order valence-corrected chi connectivity index (χ0v) is 12.1. The van der Waals surface area contributed by atoms with E-state index in [4.69, 9.17) is 0 Å². The van der Waals surface area contributed by atoms with Crippen LogP contribution in [0, 0.1) is 0 Å². The van der Waals surface area contributed by atoms with Crippen LogP contribution < -0.4 is 5.32 Å². The van der Waals surface area contributed by atoms with Crippen molar-refractivity contribution in [2.24, 2.45) is 0 Å². The van der Waals surface area contributed by atoms with E-state index in [1.54, 1.807) is 0 Å². The zero-order valence-electron chi connectivity index (χ0n) is 11.3. The third-order valence-electron chi connectivity index (χ3n) is 2.42. The van der Waals surface area contributed by atoms with Crippen molar-refractivity contribution in [2.75, 3.05) is 37.5 Å². The maximum absolute atomic E-state index is 12.7. The van der Waals surface area contributed by atoms with Gasteiger partial charge >= 0.3 is 6.18 Å². The van der Waals surface area contributed by atoms with Crippen LogP contribution in [0.3, 0.4) is 0 Å². The molecule has 0 unspecified atom stereocenters. The van der Waals surface area contributed by atoms with Crippen molar-refractivity contribution >= 4 is 23.4 Å². The van der Waals surface area contributed by atoms with Gasteiger partial charge in [0, 0.05) is 12.3 Å².